The fourth-order valence-corrected chi connectivity index (χ4v) is 2.63. The highest BCUT2D eigenvalue weighted by atomic mass is 16.6. The van der Waals surface area contributed by atoms with Crippen molar-refractivity contribution in [1.29, 1.82) is 0 Å². The maximum absolute atomic E-state index is 12.5. The van der Waals surface area contributed by atoms with E-state index in [1.807, 2.05) is 20.8 Å². The van der Waals surface area contributed by atoms with Crippen molar-refractivity contribution in [3.63, 3.8) is 0 Å². The number of benzene rings is 1. The Morgan fingerprint density at radius 1 is 1.52 bits per heavy atom. The highest BCUT2D eigenvalue weighted by molar-refractivity contribution is 5.95. The molecule has 1 aromatic carbocycles. The lowest BCUT2D eigenvalue weighted by Crippen LogP contribution is -2.53. The second-order valence-corrected chi connectivity index (χ2v) is 5.90. The molecule has 1 heterocycles. The molecule has 21 heavy (non-hydrogen) atoms. The number of anilines is 1. The Hall–Kier alpha value is -2.15. The Bertz CT molecular complexity index is 586. The topological polar surface area (TPSA) is 98.7 Å². The zero-order chi connectivity index (χ0) is 15.8. The summed E-state index contributed by atoms with van der Waals surface area (Å²) in [7, 11) is 0. The second kappa shape index (κ2) is 5.33. The first-order valence-electron chi connectivity index (χ1n) is 6.70. The van der Waals surface area contributed by atoms with Gasteiger partial charge in [-0.05, 0) is 32.9 Å². The second-order valence-electron chi connectivity index (χ2n) is 5.90. The largest absolute Gasteiger partial charge is 0.393 e. The van der Waals surface area contributed by atoms with E-state index < -0.39 is 10.5 Å². The van der Waals surface area contributed by atoms with Gasteiger partial charge in [0.25, 0.3) is 11.6 Å². The van der Waals surface area contributed by atoms with Crippen molar-refractivity contribution in [3.8, 4) is 0 Å². The van der Waals surface area contributed by atoms with Gasteiger partial charge in [0.2, 0.25) is 0 Å². The van der Waals surface area contributed by atoms with Gasteiger partial charge in [-0.3, -0.25) is 14.9 Å². The Morgan fingerprint density at radius 3 is 2.76 bits per heavy atom. The molecular weight excluding hydrogens is 274 g/mol. The Morgan fingerprint density at radius 2 is 2.19 bits per heavy atom. The quantitative estimate of drug-likeness (QED) is 0.509. The lowest BCUT2D eigenvalue weighted by molar-refractivity contribution is -0.383. The van der Waals surface area contributed by atoms with Crippen LogP contribution in [0.1, 0.15) is 31.1 Å². The summed E-state index contributed by atoms with van der Waals surface area (Å²) in [5, 5.41) is 10.9. The first kappa shape index (κ1) is 15.2. The predicted octanol–water partition coefficient (Wildman–Crippen LogP) is 1.82. The minimum atomic E-state index is -0.585. The zero-order valence-corrected chi connectivity index (χ0v) is 12.3. The summed E-state index contributed by atoms with van der Waals surface area (Å²) >= 11 is 0. The van der Waals surface area contributed by atoms with Crippen LogP contribution in [-0.4, -0.2) is 40.5 Å². The van der Waals surface area contributed by atoms with Gasteiger partial charge in [0, 0.05) is 24.7 Å². The molecule has 7 heteroatoms. The zero-order valence-electron chi connectivity index (χ0n) is 12.3. The lowest BCUT2D eigenvalue weighted by Gasteiger charge is -2.41. The van der Waals surface area contributed by atoms with Crippen LogP contribution in [0.4, 0.5) is 11.4 Å². The Kier molecular flexibility index (Phi) is 3.87. The molecule has 0 radical (unpaired) electrons. The Balaban J connectivity index is 2.28. The number of hydrogen-bond acceptors (Lipinski definition) is 5. The number of hydrogen-bond donors (Lipinski definition) is 1. The molecule has 0 aromatic heterocycles. The van der Waals surface area contributed by atoms with E-state index in [0.29, 0.717) is 13.1 Å². The number of ether oxygens (including phenoxy) is 1. The van der Waals surface area contributed by atoms with E-state index in [2.05, 4.69) is 0 Å². The van der Waals surface area contributed by atoms with Crippen molar-refractivity contribution in [2.75, 3.05) is 18.8 Å². The minimum Gasteiger partial charge on any atom is -0.393 e. The molecule has 114 valence electrons. The summed E-state index contributed by atoms with van der Waals surface area (Å²) in [6, 6.07) is 4.13. The van der Waals surface area contributed by atoms with Crippen LogP contribution >= 0.6 is 0 Å². The normalized spacial score (nSPS) is 21.1. The summed E-state index contributed by atoms with van der Waals surface area (Å²) in [5.74, 6) is -0.249. The van der Waals surface area contributed by atoms with Crippen molar-refractivity contribution in [3.05, 3.63) is 33.9 Å². The first-order valence-corrected chi connectivity index (χ1v) is 6.70. The third-order valence-electron chi connectivity index (χ3n) is 3.33. The van der Waals surface area contributed by atoms with E-state index in [0.717, 1.165) is 0 Å². The SMILES string of the molecule is CC1CN(C(=O)c2ccc(N)c([N+](=O)[O-])c2)CC(C)(C)O1. The average Bonchev–Trinajstić information content (AvgIpc) is 2.35. The summed E-state index contributed by atoms with van der Waals surface area (Å²) in [6.45, 7) is 6.62. The number of carbonyl (C=O) groups excluding carboxylic acids is 1. The molecule has 0 spiro atoms. The van der Waals surface area contributed by atoms with E-state index in [1.165, 1.54) is 18.2 Å². The maximum atomic E-state index is 12.5. The van der Waals surface area contributed by atoms with Gasteiger partial charge in [-0.2, -0.15) is 0 Å². The molecule has 1 aliphatic heterocycles. The summed E-state index contributed by atoms with van der Waals surface area (Å²) in [4.78, 5) is 24.5. The van der Waals surface area contributed by atoms with Crippen LogP contribution in [0, 0.1) is 10.1 Å². The van der Waals surface area contributed by atoms with Gasteiger partial charge in [0.15, 0.2) is 0 Å². The molecule has 1 fully saturated rings. The Labute approximate surface area is 122 Å². The highest BCUT2D eigenvalue weighted by Crippen LogP contribution is 2.26. The van der Waals surface area contributed by atoms with Gasteiger partial charge in [-0.1, -0.05) is 0 Å². The first-order chi connectivity index (χ1) is 9.69. The van der Waals surface area contributed by atoms with E-state index in [1.54, 1.807) is 4.90 Å². The van der Waals surface area contributed by atoms with Crippen molar-refractivity contribution in [2.45, 2.75) is 32.5 Å². The molecule has 1 aliphatic rings. The third kappa shape index (κ3) is 3.30. The van der Waals surface area contributed by atoms with E-state index in [-0.39, 0.29) is 28.9 Å². The molecule has 2 rings (SSSR count). The number of nitrogens with two attached hydrogens (primary N) is 1. The van der Waals surface area contributed by atoms with Crippen LogP contribution in [0.25, 0.3) is 0 Å². The number of carbonyl (C=O) groups is 1. The molecule has 1 aromatic rings. The van der Waals surface area contributed by atoms with Gasteiger partial charge in [0.1, 0.15) is 5.69 Å². The fraction of sp³-hybridized carbons (Fsp3) is 0.500. The molecule has 0 saturated carbocycles. The van der Waals surface area contributed by atoms with Crippen LogP contribution in [0.2, 0.25) is 0 Å². The summed E-state index contributed by atoms with van der Waals surface area (Å²) in [6.07, 6.45) is -0.0820. The summed E-state index contributed by atoms with van der Waals surface area (Å²) in [5.41, 5.74) is 5.17. The number of nitrogen functional groups attached to an aromatic ring is 1. The van der Waals surface area contributed by atoms with Crippen LogP contribution in [0.5, 0.6) is 0 Å². The maximum Gasteiger partial charge on any atom is 0.292 e. The molecule has 1 saturated heterocycles. The van der Waals surface area contributed by atoms with Crippen molar-refractivity contribution >= 4 is 17.3 Å². The number of nitro benzene ring substituents is 1. The minimum absolute atomic E-state index is 0.0484. The van der Waals surface area contributed by atoms with Crippen molar-refractivity contribution in [1.82, 2.24) is 4.90 Å². The third-order valence-corrected chi connectivity index (χ3v) is 3.33. The number of rotatable bonds is 2. The monoisotopic (exact) mass is 293 g/mol. The average molecular weight is 293 g/mol. The van der Waals surface area contributed by atoms with Crippen LogP contribution in [-0.2, 0) is 4.74 Å². The van der Waals surface area contributed by atoms with Crippen molar-refractivity contribution in [2.24, 2.45) is 0 Å². The van der Waals surface area contributed by atoms with Gasteiger partial charge < -0.3 is 15.4 Å². The lowest BCUT2D eigenvalue weighted by atomic mass is 10.0. The highest BCUT2D eigenvalue weighted by Gasteiger charge is 2.34. The standard InChI is InChI=1S/C14H19N3O4/c1-9-7-16(8-14(2,3)21-9)13(18)10-4-5-11(15)12(6-10)17(19)20/h4-6,9H,7-8,15H2,1-3H3. The smallest absolute Gasteiger partial charge is 0.292 e. The molecule has 7 nitrogen and oxygen atoms in total. The number of amides is 1. The van der Waals surface area contributed by atoms with Gasteiger partial charge in [-0.25, -0.2) is 0 Å². The number of nitrogens with zero attached hydrogens (tertiary/aromatic N) is 2. The van der Waals surface area contributed by atoms with E-state index in [9.17, 15) is 14.9 Å². The molecule has 1 amide bonds. The van der Waals surface area contributed by atoms with E-state index >= 15 is 0 Å². The van der Waals surface area contributed by atoms with Crippen LogP contribution in [0.3, 0.4) is 0 Å². The fourth-order valence-electron chi connectivity index (χ4n) is 2.63. The molecule has 1 unspecified atom stereocenters. The molecule has 1 atom stereocenters. The van der Waals surface area contributed by atoms with Crippen LogP contribution in [0.15, 0.2) is 18.2 Å². The molecular formula is C14H19N3O4. The van der Waals surface area contributed by atoms with Gasteiger partial charge >= 0.3 is 0 Å². The molecule has 0 bridgehead atoms. The van der Waals surface area contributed by atoms with Gasteiger partial charge in [-0.15, -0.1) is 0 Å². The summed E-state index contributed by atoms with van der Waals surface area (Å²) < 4.78 is 5.75. The van der Waals surface area contributed by atoms with Crippen LogP contribution < -0.4 is 5.73 Å². The van der Waals surface area contributed by atoms with E-state index in [4.69, 9.17) is 10.5 Å². The molecule has 0 aliphatic carbocycles. The van der Waals surface area contributed by atoms with Crippen molar-refractivity contribution < 1.29 is 14.5 Å². The van der Waals surface area contributed by atoms with Gasteiger partial charge in [0.05, 0.1) is 16.6 Å². The number of morpholine rings is 1. The molecule has 2 N–H and O–H groups in total. The number of nitro groups is 1. The predicted molar refractivity (Wildman–Crippen MR) is 78.0 cm³/mol.